The molecule has 8 aromatic rings. The number of amides is 2. The number of nitrogens with two attached hydrogens (primary N) is 2. The lowest BCUT2D eigenvalue weighted by Crippen LogP contribution is -2.37. The minimum atomic E-state index is -5.19. The van der Waals surface area contributed by atoms with Crippen molar-refractivity contribution in [2.45, 2.75) is 38.5 Å². The van der Waals surface area contributed by atoms with Crippen LogP contribution in [0.3, 0.4) is 0 Å². The number of alkyl halides is 6. The predicted octanol–water partition coefficient (Wildman–Crippen LogP) is 6.21. The summed E-state index contributed by atoms with van der Waals surface area (Å²) in [5.74, 6) is -6.13. The van der Waals surface area contributed by atoms with Crippen LogP contribution in [0.4, 0.5) is 37.7 Å². The number of rotatable bonds is 14. The number of benzene rings is 6. The Morgan fingerprint density at radius 3 is 1.10 bits per heavy atom. The summed E-state index contributed by atoms with van der Waals surface area (Å²) in [4.78, 5) is 44.0. The van der Waals surface area contributed by atoms with Gasteiger partial charge in [0, 0.05) is 59.1 Å². The highest BCUT2D eigenvalue weighted by Crippen LogP contribution is 2.28. The molecule has 8 rings (SSSR count). The van der Waals surface area contributed by atoms with Gasteiger partial charge in [-0.1, -0.05) is 60.7 Å². The van der Waals surface area contributed by atoms with E-state index in [0.717, 1.165) is 53.0 Å². The highest BCUT2D eigenvalue weighted by atomic mass is 19.4. The normalized spacial score (nSPS) is 11.5. The van der Waals surface area contributed by atoms with Gasteiger partial charge < -0.3 is 61.3 Å². The number of aromatic nitrogens is 2. The summed E-state index contributed by atoms with van der Waals surface area (Å²) >= 11 is 0. The second kappa shape index (κ2) is 26.1. The van der Waals surface area contributed by atoms with E-state index < -0.39 is 24.3 Å². The lowest BCUT2D eigenvalue weighted by Gasteiger charge is -2.23. The summed E-state index contributed by atoms with van der Waals surface area (Å²) in [5, 5.41) is 60.5. The lowest BCUT2D eigenvalue weighted by atomic mass is 10.1. The molecule has 0 spiro atoms. The number of halogens is 6. The van der Waals surface area contributed by atoms with Gasteiger partial charge in [-0.3, -0.25) is 29.4 Å². The first kappa shape index (κ1) is 63.2. The molecule has 0 atom stereocenters. The number of phenolic OH excluding ortho intramolecular Hbond substituents is 2. The summed E-state index contributed by atoms with van der Waals surface area (Å²) < 4.78 is 68.4. The topological polar surface area (TPSA) is 289 Å². The fraction of sp³-hybridized carbons (Fsp3) is 0.207. The molecule has 18 nitrogen and oxygen atoms in total. The molecule has 10 N–H and O–H groups in total. The van der Waals surface area contributed by atoms with E-state index in [9.17, 15) is 46.1 Å². The zero-order valence-electron chi connectivity index (χ0n) is 45.2. The molecule has 432 valence electrons. The zero-order chi connectivity index (χ0) is 61.1. The molecule has 0 aliphatic heterocycles. The Hall–Kier alpha value is -9.68. The van der Waals surface area contributed by atoms with Crippen molar-refractivity contribution >= 4 is 68.6 Å². The van der Waals surface area contributed by atoms with Gasteiger partial charge in [0.05, 0.1) is 42.3 Å². The van der Waals surface area contributed by atoms with E-state index in [4.69, 9.17) is 42.1 Å². The Bertz CT molecular complexity index is 3380. The smallest absolute Gasteiger partial charge is 0.430 e. The summed E-state index contributed by atoms with van der Waals surface area (Å²) in [6.07, 6.45) is -10.4. The standard InChI is InChI=1S/2C27H29N5O2.2C2HF3O2/c2*1-32(2,3)22-9-7-18(8-10-22)16-30-27(34)25-15-21-14-23(33)11-12-24(21)31(25)17-19-5-4-6-20(13-19)26(28)29;2*3-2(4,5)1(6)7/h2*4-15H,16-17H2,1-3H3,(H4-,28,29,30,33,34);2*(H,6,7). The number of carboxylic acid groups (broad SMARTS) is 2. The van der Waals surface area contributed by atoms with E-state index in [1.165, 1.54) is 11.4 Å². The van der Waals surface area contributed by atoms with E-state index in [2.05, 4.69) is 77.2 Å². The number of phenols is 2. The molecular weight excluding hydrogens is 1080 g/mol. The molecule has 82 heavy (non-hydrogen) atoms. The van der Waals surface area contributed by atoms with Gasteiger partial charge in [-0.15, -0.1) is 0 Å². The van der Waals surface area contributed by atoms with E-state index in [0.29, 0.717) is 48.7 Å². The number of hydrogen-bond donors (Lipinski definition) is 8. The third-order valence-electron chi connectivity index (χ3n) is 12.2. The van der Waals surface area contributed by atoms with Gasteiger partial charge in [-0.05, 0) is 107 Å². The van der Waals surface area contributed by atoms with Crippen molar-refractivity contribution in [1.82, 2.24) is 28.7 Å². The average Bonchev–Trinajstić information content (AvgIpc) is 4.16. The Kier molecular flexibility index (Phi) is 20.1. The molecule has 2 amide bonds. The van der Waals surface area contributed by atoms with Crippen molar-refractivity contribution in [2.75, 3.05) is 42.3 Å². The van der Waals surface area contributed by atoms with Crippen LogP contribution in [0.15, 0.2) is 146 Å². The van der Waals surface area contributed by atoms with Crippen molar-refractivity contribution in [3.05, 3.63) is 190 Å². The number of fused-ring (bicyclic) bond motifs is 2. The third kappa shape index (κ3) is 17.7. The number of aromatic hydroxyl groups is 2. The first-order valence-corrected chi connectivity index (χ1v) is 24.6. The molecule has 0 saturated heterocycles. The van der Waals surface area contributed by atoms with Gasteiger partial charge in [-0.2, -0.15) is 26.3 Å². The molecule has 0 aliphatic carbocycles. The Labute approximate surface area is 466 Å². The number of carbonyl (C=O) groups excluding carboxylic acids is 4. The molecule has 0 unspecified atom stereocenters. The number of amidine groups is 2. The maximum Gasteiger partial charge on any atom is 0.430 e. The Morgan fingerprint density at radius 1 is 0.500 bits per heavy atom. The molecule has 0 bridgehead atoms. The zero-order valence-corrected chi connectivity index (χ0v) is 45.2. The number of nitrogens with zero attached hydrogens (tertiary/aromatic N) is 4. The minimum Gasteiger partial charge on any atom is -0.542 e. The van der Waals surface area contributed by atoms with Crippen LogP contribution < -0.4 is 41.3 Å². The first-order chi connectivity index (χ1) is 38.1. The molecule has 2 aromatic heterocycles. The van der Waals surface area contributed by atoms with Gasteiger partial charge in [-0.25, -0.2) is 0 Å². The van der Waals surface area contributed by atoms with E-state index in [-0.39, 0.29) is 35.0 Å². The lowest BCUT2D eigenvalue weighted by molar-refractivity contribution is -0.344. The van der Waals surface area contributed by atoms with Crippen LogP contribution >= 0.6 is 0 Å². The highest BCUT2D eigenvalue weighted by molar-refractivity contribution is 6.00. The maximum atomic E-state index is 13.2. The molecule has 6 aromatic carbocycles. The molecule has 0 radical (unpaired) electrons. The van der Waals surface area contributed by atoms with Crippen molar-refractivity contribution in [2.24, 2.45) is 11.5 Å². The highest BCUT2D eigenvalue weighted by Gasteiger charge is 2.29. The van der Waals surface area contributed by atoms with Crippen LogP contribution in [0.2, 0.25) is 0 Å². The summed E-state index contributed by atoms with van der Waals surface area (Å²) in [7, 11) is 12.7. The minimum absolute atomic E-state index is 0.00150. The quantitative estimate of drug-likeness (QED) is 0.0264. The summed E-state index contributed by atoms with van der Waals surface area (Å²) in [6.45, 7) is 1.67. The van der Waals surface area contributed by atoms with Crippen LogP contribution in [0.25, 0.3) is 21.8 Å². The van der Waals surface area contributed by atoms with Gasteiger partial charge in [0.25, 0.3) is 11.8 Å². The van der Waals surface area contributed by atoms with Crippen LogP contribution in [0, 0.1) is 10.8 Å². The van der Waals surface area contributed by atoms with Crippen LogP contribution in [0.5, 0.6) is 11.5 Å². The summed E-state index contributed by atoms with van der Waals surface area (Å²) in [6, 6.07) is 45.0. The van der Waals surface area contributed by atoms with Crippen molar-refractivity contribution in [3.63, 3.8) is 0 Å². The number of aliphatic carboxylic acids is 2. The number of carbonyl (C=O) groups is 4. The number of nitrogens with one attached hydrogen (secondary N) is 4. The van der Waals surface area contributed by atoms with Gasteiger partial charge in [0.15, 0.2) is 0 Å². The fourth-order valence-electron chi connectivity index (χ4n) is 7.94. The van der Waals surface area contributed by atoms with Gasteiger partial charge >= 0.3 is 12.4 Å². The number of hydrogen-bond acceptors (Lipinski definition) is 10. The third-order valence-corrected chi connectivity index (χ3v) is 12.2. The second-order valence-electron chi connectivity index (χ2n) is 20.2. The second-order valence-corrected chi connectivity index (χ2v) is 20.2. The fourth-order valence-corrected chi connectivity index (χ4v) is 7.94. The molecule has 24 heteroatoms. The van der Waals surface area contributed by atoms with Crippen molar-refractivity contribution < 1.29 is 65.9 Å². The summed E-state index contributed by atoms with van der Waals surface area (Å²) in [5.41, 5.74) is 21.5. The van der Waals surface area contributed by atoms with E-state index in [1.807, 2.05) is 69.8 Å². The Morgan fingerprint density at radius 2 is 0.817 bits per heavy atom. The monoisotopic (exact) mass is 1140 g/mol. The average molecular weight is 1140 g/mol. The first-order valence-electron chi connectivity index (χ1n) is 24.6. The number of carboxylic acids is 2. The Balaban J connectivity index is 0.000000244. The van der Waals surface area contributed by atoms with Crippen molar-refractivity contribution in [1.29, 1.82) is 10.8 Å². The molecule has 0 aliphatic rings. The number of nitrogen functional groups attached to an aromatic ring is 2. The largest absolute Gasteiger partial charge is 0.542 e. The van der Waals surface area contributed by atoms with Crippen molar-refractivity contribution in [3.8, 4) is 11.5 Å². The molecule has 0 fully saturated rings. The van der Waals surface area contributed by atoms with E-state index in [1.54, 1.807) is 60.7 Å². The maximum absolute atomic E-state index is 13.2. The van der Waals surface area contributed by atoms with Crippen LogP contribution in [-0.4, -0.2) is 109 Å². The van der Waals surface area contributed by atoms with Crippen LogP contribution in [-0.2, 0) is 35.8 Å². The van der Waals surface area contributed by atoms with Gasteiger partial charge in [0.2, 0.25) is 0 Å². The SMILES string of the molecule is C[N+](C)(C)c1ccc(CNC(=O)c2cc3cc(O)ccc3n2Cc2cccc(C(=N)N)c2)cc1.C[N+](C)(C)c1ccc(CNC(=O)c2cc3cc(O)ccc3n2Cc2cccc(C(=N)N)c2)cc1.O=C([O-])C(F)(F)F.O=C([O-])C(F)(F)F. The number of quaternary nitrogens is 2. The van der Waals surface area contributed by atoms with E-state index >= 15 is 0 Å². The molecule has 0 saturated carbocycles. The predicted molar refractivity (Wildman–Crippen MR) is 297 cm³/mol. The molecule has 2 heterocycles. The van der Waals surface area contributed by atoms with Gasteiger partial charge in [0.1, 0.15) is 57.9 Å². The van der Waals surface area contributed by atoms with Crippen LogP contribution in [0.1, 0.15) is 54.4 Å². The molecular formula is C58H60F6N10O8.